The van der Waals surface area contributed by atoms with Gasteiger partial charge in [0.15, 0.2) is 0 Å². The lowest BCUT2D eigenvalue weighted by atomic mass is 10.2. The number of nitrogens with zero attached hydrogens (tertiary/aromatic N) is 2. The van der Waals surface area contributed by atoms with E-state index in [2.05, 4.69) is 15.4 Å². The van der Waals surface area contributed by atoms with Crippen molar-refractivity contribution in [2.24, 2.45) is 5.84 Å². The smallest absolute Gasteiger partial charge is 0.419 e. The van der Waals surface area contributed by atoms with Crippen LogP contribution >= 0.6 is 0 Å². The van der Waals surface area contributed by atoms with Crippen LogP contribution in [0.5, 0.6) is 11.6 Å². The number of halogens is 3. The number of alkyl halides is 3. The molecule has 100 valence electrons. The lowest BCUT2D eigenvalue weighted by molar-refractivity contribution is -0.138. The molecule has 0 saturated heterocycles. The number of para-hydroxylation sites is 1. The topological polar surface area (TPSA) is 73.1 Å². The molecule has 0 aliphatic carbocycles. The monoisotopic (exact) mass is 270 g/mol. The second kappa shape index (κ2) is 5.11. The molecule has 0 aliphatic rings. The molecule has 19 heavy (non-hydrogen) atoms. The Hall–Kier alpha value is -2.35. The first-order valence-corrected chi connectivity index (χ1v) is 5.13. The summed E-state index contributed by atoms with van der Waals surface area (Å²) in [6, 6.07) is 6.14. The predicted octanol–water partition coefficient (Wildman–Crippen LogP) is 2.57. The number of hydrogen-bond acceptors (Lipinski definition) is 5. The standard InChI is InChI=1S/C11H9F3N4O/c12-11(13,14)7-3-1-2-4-8(7)19-10-5-9(18-15)16-6-17-10/h1-6H,15H2,(H,16,17,18). The van der Waals surface area contributed by atoms with E-state index in [4.69, 9.17) is 10.6 Å². The van der Waals surface area contributed by atoms with Gasteiger partial charge in [-0.3, -0.25) is 0 Å². The number of aromatic nitrogens is 2. The van der Waals surface area contributed by atoms with E-state index in [0.717, 1.165) is 12.4 Å². The molecule has 2 aromatic rings. The summed E-state index contributed by atoms with van der Waals surface area (Å²) >= 11 is 0. The molecule has 0 saturated carbocycles. The van der Waals surface area contributed by atoms with Gasteiger partial charge in [0.1, 0.15) is 17.9 Å². The van der Waals surface area contributed by atoms with Crippen LogP contribution in [0.3, 0.4) is 0 Å². The van der Waals surface area contributed by atoms with Crippen LogP contribution in [-0.2, 0) is 6.18 Å². The number of benzene rings is 1. The molecular weight excluding hydrogens is 261 g/mol. The average molecular weight is 270 g/mol. The molecule has 1 heterocycles. The summed E-state index contributed by atoms with van der Waals surface area (Å²) in [6.07, 6.45) is -3.38. The van der Waals surface area contributed by atoms with Crippen molar-refractivity contribution in [1.29, 1.82) is 0 Å². The minimum Gasteiger partial charge on any atom is -0.438 e. The third-order valence-corrected chi connectivity index (χ3v) is 2.20. The highest BCUT2D eigenvalue weighted by Gasteiger charge is 2.34. The Morgan fingerprint density at radius 3 is 2.58 bits per heavy atom. The number of nitrogen functional groups attached to an aromatic ring is 1. The van der Waals surface area contributed by atoms with Gasteiger partial charge in [-0.25, -0.2) is 15.8 Å². The number of hydrogen-bond donors (Lipinski definition) is 2. The quantitative estimate of drug-likeness (QED) is 0.662. The zero-order valence-corrected chi connectivity index (χ0v) is 9.48. The van der Waals surface area contributed by atoms with Crippen molar-refractivity contribution in [3.8, 4) is 11.6 Å². The van der Waals surface area contributed by atoms with Crippen molar-refractivity contribution in [3.63, 3.8) is 0 Å². The van der Waals surface area contributed by atoms with Crippen LogP contribution in [0.15, 0.2) is 36.7 Å². The maximum atomic E-state index is 12.8. The van der Waals surface area contributed by atoms with E-state index in [9.17, 15) is 13.2 Å². The van der Waals surface area contributed by atoms with E-state index in [1.807, 2.05) is 0 Å². The summed E-state index contributed by atoms with van der Waals surface area (Å²) in [5.74, 6) is 4.99. The van der Waals surface area contributed by atoms with Gasteiger partial charge in [-0.2, -0.15) is 13.2 Å². The van der Waals surface area contributed by atoms with Gasteiger partial charge in [0.25, 0.3) is 0 Å². The van der Waals surface area contributed by atoms with Gasteiger partial charge in [0.2, 0.25) is 5.88 Å². The van der Waals surface area contributed by atoms with Gasteiger partial charge < -0.3 is 10.2 Å². The summed E-state index contributed by atoms with van der Waals surface area (Å²) in [5.41, 5.74) is 1.37. The summed E-state index contributed by atoms with van der Waals surface area (Å²) in [5, 5.41) is 0. The van der Waals surface area contributed by atoms with Crippen LogP contribution in [0.1, 0.15) is 5.56 Å². The van der Waals surface area contributed by atoms with E-state index in [0.29, 0.717) is 0 Å². The highest BCUT2D eigenvalue weighted by molar-refractivity contribution is 5.41. The Morgan fingerprint density at radius 2 is 1.89 bits per heavy atom. The molecule has 8 heteroatoms. The SMILES string of the molecule is NNc1cc(Oc2ccccc2C(F)(F)F)ncn1. The van der Waals surface area contributed by atoms with Crippen LogP contribution in [0.25, 0.3) is 0 Å². The molecule has 0 amide bonds. The Bertz CT molecular complexity index is 574. The molecule has 2 rings (SSSR count). The van der Waals surface area contributed by atoms with Crippen LogP contribution in [0.4, 0.5) is 19.0 Å². The van der Waals surface area contributed by atoms with Crippen molar-refractivity contribution in [1.82, 2.24) is 9.97 Å². The van der Waals surface area contributed by atoms with E-state index in [1.54, 1.807) is 0 Å². The Balaban J connectivity index is 2.33. The highest BCUT2D eigenvalue weighted by atomic mass is 19.4. The maximum absolute atomic E-state index is 12.8. The normalized spacial score (nSPS) is 11.2. The number of hydrazine groups is 1. The number of ether oxygens (including phenoxy) is 1. The molecule has 3 N–H and O–H groups in total. The zero-order chi connectivity index (χ0) is 13.9. The first-order chi connectivity index (χ1) is 9.00. The molecule has 1 aromatic carbocycles. The predicted molar refractivity (Wildman–Crippen MR) is 61.4 cm³/mol. The molecule has 0 radical (unpaired) electrons. The molecular formula is C11H9F3N4O. The molecule has 0 bridgehead atoms. The van der Waals surface area contributed by atoms with Gasteiger partial charge in [0, 0.05) is 6.07 Å². The van der Waals surface area contributed by atoms with Crippen molar-refractivity contribution >= 4 is 5.82 Å². The van der Waals surface area contributed by atoms with Crippen LogP contribution in [-0.4, -0.2) is 9.97 Å². The number of nitrogens with one attached hydrogen (secondary N) is 1. The minimum absolute atomic E-state index is 0.0420. The third kappa shape index (κ3) is 3.10. The average Bonchev–Trinajstić information content (AvgIpc) is 2.38. The second-order valence-corrected chi connectivity index (χ2v) is 3.48. The fourth-order valence-corrected chi connectivity index (χ4v) is 1.38. The third-order valence-electron chi connectivity index (χ3n) is 2.20. The van der Waals surface area contributed by atoms with E-state index in [1.165, 1.54) is 24.3 Å². The first kappa shape index (κ1) is 13.1. The van der Waals surface area contributed by atoms with Crippen LogP contribution in [0, 0.1) is 0 Å². The molecule has 1 aromatic heterocycles. The Labute approximate surface area is 106 Å². The molecule has 5 nitrogen and oxygen atoms in total. The Kier molecular flexibility index (Phi) is 3.52. The van der Waals surface area contributed by atoms with Crippen molar-refractivity contribution in [2.75, 3.05) is 5.43 Å². The van der Waals surface area contributed by atoms with E-state index < -0.39 is 11.7 Å². The number of anilines is 1. The first-order valence-electron chi connectivity index (χ1n) is 5.13. The number of nitrogens with two attached hydrogens (primary N) is 1. The number of rotatable bonds is 3. The lowest BCUT2D eigenvalue weighted by Gasteiger charge is -2.12. The summed E-state index contributed by atoms with van der Waals surface area (Å²) < 4.78 is 43.4. The Morgan fingerprint density at radius 1 is 1.16 bits per heavy atom. The van der Waals surface area contributed by atoms with Gasteiger partial charge in [-0.05, 0) is 12.1 Å². The zero-order valence-electron chi connectivity index (χ0n) is 9.48. The lowest BCUT2D eigenvalue weighted by Crippen LogP contribution is -2.09. The second-order valence-electron chi connectivity index (χ2n) is 3.48. The molecule has 0 unspecified atom stereocenters. The maximum Gasteiger partial charge on any atom is 0.419 e. The molecule has 0 spiro atoms. The van der Waals surface area contributed by atoms with E-state index >= 15 is 0 Å². The van der Waals surface area contributed by atoms with Crippen molar-refractivity contribution in [3.05, 3.63) is 42.2 Å². The fourth-order valence-electron chi connectivity index (χ4n) is 1.38. The van der Waals surface area contributed by atoms with Crippen LogP contribution in [0.2, 0.25) is 0 Å². The van der Waals surface area contributed by atoms with Gasteiger partial charge in [0.05, 0.1) is 5.56 Å². The van der Waals surface area contributed by atoms with Gasteiger partial charge in [-0.15, -0.1) is 0 Å². The van der Waals surface area contributed by atoms with Gasteiger partial charge >= 0.3 is 6.18 Å². The van der Waals surface area contributed by atoms with Crippen LogP contribution < -0.4 is 16.0 Å². The van der Waals surface area contributed by atoms with Gasteiger partial charge in [-0.1, -0.05) is 12.1 Å². The highest BCUT2D eigenvalue weighted by Crippen LogP contribution is 2.37. The largest absolute Gasteiger partial charge is 0.438 e. The minimum atomic E-state index is -4.50. The summed E-state index contributed by atoms with van der Waals surface area (Å²) in [6.45, 7) is 0. The molecule has 0 fully saturated rings. The van der Waals surface area contributed by atoms with E-state index in [-0.39, 0.29) is 17.4 Å². The summed E-state index contributed by atoms with van der Waals surface area (Å²) in [7, 11) is 0. The molecule has 0 aliphatic heterocycles. The summed E-state index contributed by atoms with van der Waals surface area (Å²) in [4.78, 5) is 7.43. The fraction of sp³-hybridized carbons (Fsp3) is 0.0909. The van der Waals surface area contributed by atoms with Crippen molar-refractivity contribution in [2.45, 2.75) is 6.18 Å². The van der Waals surface area contributed by atoms with Crippen molar-refractivity contribution < 1.29 is 17.9 Å². The molecule has 0 atom stereocenters.